The minimum absolute atomic E-state index is 0. The molecule has 0 atom stereocenters. The number of aromatic nitrogens is 1. The molecule has 3 rings (SSSR count). The van der Waals surface area contributed by atoms with Crippen LogP contribution < -0.4 is 11.1 Å². The maximum absolute atomic E-state index is 12.2. The smallest absolute Gasteiger partial charge is 0.255 e. The second-order valence-electron chi connectivity index (χ2n) is 4.46. The van der Waals surface area contributed by atoms with E-state index in [0.717, 1.165) is 10.9 Å². The van der Waals surface area contributed by atoms with Gasteiger partial charge < -0.3 is 11.1 Å². The third-order valence-electron chi connectivity index (χ3n) is 3.05. The molecule has 6 heteroatoms. The molecule has 0 saturated heterocycles. The highest BCUT2D eigenvalue weighted by atomic mass is 35.5. The molecule has 1 amide bonds. The number of anilines is 2. The lowest BCUT2D eigenvalue weighted by atomic mass is 10.1. The number of rotatable bonds is 2. The number of amides is 1. The van der Waals surface area contributed by atoms with E-state index in [2.05, 4.69) is 10.3 Å². The Labute approximate surface area is 140 Å². The molecule has 3 N–H and O–H groups in total. The van der Waals surface area contributed by atoms with E-state index in [9.17, 15) is 4.79 Å². The Bertz CT molecular complexity index is 770. The molecule has 114 valence electrons. The zero-order valence-corrected chi connectivity index (χ0v) is 13.2. The topological polar surface area (TPSA) is 68.0 Å². The highest BCUT2D eigenvalue weighted by molar-refractivity contribution is 6.08. The number of para-hydroxylation sites is 1. The van der Waals surface area contributed by atoms with Gasteiger partial charge in [0.15, 0.2) is 0 Å². The van der Waals surface area contributed by atoms with Gasteiger partial charge in [-0.25, -0.2) is 0 Å². The molecule has 0 fully saturated rings. The number of carbonyl (C=O) groups excluding carboxylic acids is 1. The van der Waals surface area contributed by atoms with Crippen molar-refractivity contribution < 1.29 is 4.79 Å². The van der Waals surface area contributed by atoms with Crippen molar-refractivity contribution in [1.82, 2.24) is 4.98 Å². The minimum Gasteiger partial charge on any atom is -0.399 e. The number of fused-ring (bicyclic) bond motifs is 1. The van der Waals surface area contributed by atoms with Crippen LogP contribution in [-0.2, 0) is 0 Å². The van der Waals surface area contributed by atoms with Crippen LogP contribution in [0.1, 0.15) is 10.4 Å². The van der Waals surface area contributed by atoms with E-state index in [1.54, 1.807) is 30.5 Å². The molecular formula is C16H15Cl2N3O. The average Bonchev–Trinajstić information content (AvgIpc) is 2.48. The van der Waals surface area contributed by atoms with E-state index in [0.29, 0.717) is 16.9 Å². The minimum atomic E-state index is -0.178. The molecule has 0 unspecified atom stereocenters. The number of nitrogens with two attached hydrogens (primary N) is 1. The van der Waals surface area contributed by atoms with Gasteiger partial charge in [0.2, 0.25) is 0 Å². The monoisotopic (exact) mass is 335 g/mol. The summed E-state index contributed by atoms with van der Waals surface area (Å²) in [6.07, 6.45) is 1.71. The van der Waals surface area contributed by atoms with Crippen LogP contribution in [0.25, 0.3) is 10.9 Å². The van der Waals surface area contributed by atoms with E-state index in [1.165, 1.54) is 0 Å². The second kappa shape index (κ2) is 7.64. The average molecular weight is 336 g/mol. The van der Waals surface area contributed by atoms with Gasteiger partial charge in [0.1, 0.15) is 0 Å². The third kappa shape index (κ3) is 3.67. The molecule has 2 aromatic carbocycles. The number of nitrogens with one attached hydrogen (secondary N) is 1. The van der Waals surface area contributed by atoms with Crippen molar-refractivity contribution in [2.45, 2.75) is 0 Å². The lowest BCUT2D eigenvalue weighted by molar-refractivity contribution is 0.102. The van der Waals surface area contributed by atoms with E-state index in [1.807, 2.05) is 30.3 Å². The number of pyridine rings is 1. The van der Waals surface area contributed by atoms with E-state index in [-0.39, 0.29) is 30.7 Å². The summed E-state index contributed by atoms with van der Waals surface area (Å²) in [5, 5.41) is 3.87. The van der Waals surface area contributed by atoms with Gasteiger partial charge in [-0.15, -0.1) is 24.8 Å². The first-order valence-electron chi connectivity index (χ1n) is 6.25. The van der Waals surface area contributed by atoms with Crippen molar-refractivity contribution >= 4 is 53.0 Å². The number of carbonyl (C=O) groups is 1. The highest BCUT2D eigenvalue weighted by Crippen LogP contribution is 2.21. The summed E-state index contributed by atoms with van der Waals surface area (Å²) in [6.45, 7) is 0. The lowest BCUT2D eigenvalue weighted by Crippen LogP contribution is -2.12. The predicted molar refractivity (Wildman–Crippen MR) is 95.0 cm³/mol. The Kier molecular flexibility index (Phi) is 6.16. The third-order valence-corrected chi connectivity index (χ3v) is 3.05. The second-order valence-corrected chi connectivity index (χ2v) is 4.46. The molecule has 3 aromatic rings. The summed E-state index contributed by atoms with van der Waals surface area (Å²) in [7, 11) is 0. The Morgan fingerprint density at radius 1 is 0.955 bits per heavy atom. The SMILES string of the molecule is Cl.Cl.Nc1ccc(C(=O)Nc2cccc3cccnc23)cc1. The summed E-state index contributed by atoms with van der Waals surface area (Å²) >= 11 is 0. The first-order valence-corrected chi connectivity index (χ1v) is 6.25. The molecule has 0 spiro atoms. The fourth-order valence-electron chi connectivity index (χ4n) is 2.03. The summed E-state index contributed by atoms with van der Waals surface area (Å²) in [4.78, 5) is 16.5. The van der Waals surface area contributed by atoms with Gasteiger partial charge in [-0.2, -0.15) is 0 Å². The van der Waals surface area contributed by atoms with E-state index in [4.69, 9.17) is 5.73 Å². The normalized spacial score (nSPS) is 9.45. The van der Waals surface area contributed by atoms with Crippen LogP contribution in [0.15, 0.2) is 60.8 Å². The maximum Gasteiger partial charge on any atom is 0.255 e. The zero-order chi connectivity index (χ0) is 13.9. The van der Waals surface area contributed by atoms with Crippen LogP contribution in [0.5, 0.6) is 0 Å². The number of hydrogen-bond donors (Lipinski definition) is 2. The first kappa shape index (κ1) is 17.8. The molecule has 0 bridgehead atoms. The van der Waals surface area contributed by atoms with Crippen LogP contribution in [0.3, 0.4) is 0 Å². The van der Waals surface area contributed by atoms with Crippen molar-refractivity contribution in [1.29, 1.82) is 0 Å². The number of benzene rings is 2. The van der Waals surface area contributed by atoms with Crippen molar-refractivity contribution in [3.05, 3.63) is 66.4 Å². The predicted octanol–water partition coefficient (Wildman–Crippen LogP) is 3.91. The number of hydrogen-bond acceptors (Lipinski definition) is 3. The molecule has 0 aliphatic rings. The fourth-order valence-corrected chi connectivity index (χ4v) is 2.03. The zero-order valence-electron chi connectivity index (χ0n) is 11.5. The maximum atomic E-state index is 12.2. The number of halogens is 2. The Morgan fingerprint density at radius 3 is 2.36 bits per heavy atom. The van der Waals surface area contributed by atoms with Gasteiger partial charge >= 0.3 is 0 Å². The molecule has 4 nitrogen and oxygen atoms in total. The van der Waals surface area contributed by atoms with Crippen LogP contribution in [0.2, 0.25) is 0 Å². The fraction of sp³-hybridized carbons (Fsp3) is 0. The van der Waals surface area contributed by atoms with Crippen LogP contribution >= 0.6 is 24.8 Å². The van der Waals surface area contributed by atoms with Crippen molar-refractivity contribution in [2.75, 3.05) is 11.1 Å². The summed E-state index contributed by atoms with van der Waals surface area (Å²) in [5.41, 5.74) is 8.28. The van der Waals surface area contributed by atoms with Gasteiger partial charge in [-0.1, -0.05) is 18.2 Å². The van der Waals surface area contributed by atoms with Crippen molar-refractivity contribution in [3.63, 3.8) is 0 Å². The summed E-state index contributed by atoms with van der Waals surface area (Å²) in [5.74, 6) is -0.178. The quantitative estimate of drug-likeness (QED) is 0.697. The Morgan fingerprint density at radius 2 is 1.64 bits per heavy atom. The molecule has 1 aromatic heterocycles. The first-order chi connectivity index (χ1) is 9.74. The van der Waals surface area contributed by atoms with Gasteiger partial charge in [0, 0.05) is 22.8 Å². The Hall–Kier alpha value is -2.30. The van der Waals surface area contributed by atoms with E-state index >= 15 is 0 Å². The molecule has 0 aliphatic heterocycles. The van der Waals surface area contributed by atoms with E-state index < -0.39 is 0 Å². The molecule has 0 radical (unpaired) electrons. The molecule has 0 aliphatic carbocycles. The van der Waals surface area contributed by atoms with Crippen molar-refractivity contribution in [2.24, 2.45) is 0 Å². The van der Waals surface area contributed by atoms with Gasteiger partial charge in [0.25, 0.3) is 5.91 Å². The van der Waals surface area contributed by atoms with Crippen LogP contribution in [0.4, 0.5) is 11.4 Å². The lowest BCUT2D eigenvalue weighted by Gasteiger charge is -2.08. The van der Waals surface area contributed by atoms with Gasteiger partial charge in [-0.3, -0.25) is 9.78 Å². The van der Waals surface area contributed by atoms with Gasteiger partial charge in [0.05, 0.1) is 11.2 Å². The number of nitrogens with zero attached hydrogens (tertiary/aromatic N) is 1. The van der Waals surface area contributed by atoms with Crippen molar-refractivity contribution in [3.8, 4) is 0 Å². The Balaban J connectivity index is 0.00000121. The highest BCUT2D eigenvalue weighted by Gasteiger charge is 2.08. The van der Waals surface area contributed by atoms with Crippen LogP contribution in [-0.4, -0.2) is 10.9 Å². The molecular weight excluding hydrogens is 321 g/mol. The molecule has 1 heterocycles. The summed E-state index contributed by atoms with van der Waals surface area (Å²) in [6, 6.07) is 16.3. The van der Waals surface area contributed by atoms with Crippen LogP contribution in [0, 0.1) is 0 Å². The number of nitrogen functional groups attached to an aromatic ring is 1. The van der Waals surface area contributed by atoms with Gasteiger partial charge in [-0.05, 0) is 36.4 Å². The molecule has 0 saturated carbocycles. The molecule has 22 heavy (non-hydrogen) atoms. The largest absolute Gasteiger partial charge is 0.399 e. The summed E-state index contributed by atoms with van der Waals surface area (Å²) < 4.78 is 0. The standard InChI is InChI=1S/C16H13N3O.2ClH/c17-13-8-6-12(7-9-13)16(20)19-14-5-1-3-11-4-2-10-18-15(11)14;;/h1-10H,17H2,(H,19,20);2*1H.